The Morgan fingerprint density at radius 1 is 1.25 bits per heavy atom. The normalized spacial score (nSPS) is 18.5. The summed E-state index contributed by atoms with van der Waals surface area (Å²) in [7, 11) is 0. The molecule has 0 aliphatic carbocycles. The first-order chi connectivity index (χ1) is 7.36. The van der Waals surface area contributed by atoms with Gasteiger partial charge in [-0.25, -0.2) is 4.79 Å². The van der Waals surface area contributed by atoms with Crippen molar-refractivity contribution >= 4 is 5.97 Å². The van der Waals surface area contributed by atoms with Gasteiger partial charge in [-0.1, -0.05) is 37.3 Å². The largest absolute Gasteiger partial charge is 0.479 e. The van der Waals surface area contributed by atoms with Crippen LogP contribution in [-0.4, -0.2) is 26.9 Å². The third-order valence-electron chi connectivity index (χ3n) is 3.01. The molecule has 0 saturated heterocycles. The number of aliphatic carboxylic acids is 1. The van der Waals surface area contributed by atoms with Crippen LogP contribution in [0, 0.1) is 0 Å². The van der Waals surface area contributed by atoms with Crippen LogP contribution in [0.25, 0.3) is 0 Å². The van der Waals surface area contributed by atoms with Gasteiger partial charge in [0, 0.05) is 0 Å². The molecule has 16 heavy (non-hydrogen) atoms. The lowest BCUT2D eigenvalue weighted by atomic mass is 9.77. The Bertz CT molecular complexity index is 372. The van der Waals surface area contributed by atoms with Gasteiger partial charge in [0.2, 0.25) is 0 Å². The van der Waals surface area contributed by atoms with E-state index in [1.807, 2.05) is 0 Å². The van der Waals surface area contributed by atoms with Crippen molar-refractivity contribution < 1.29 is 20.1 Å². The van der Waals surface area contributed by atoms with Crippen molar-refractivity contribution in [1.29, 1.82) is 0 Å². The van der Waals surface area contributed by atoms with Crippen molar-refractivity contribution in [3.8, 4) is 0 Å². The quantitative estimate of drug-likeness (QED) is 0.716. The number of hydrogen-bond donors (Lipinski definition) is 3. The molecule has 4 heteroatoms. The second kappa shape index (κ2) is 4.23. The van der Waals surface area contributed by atoms with Crippen LogP contribution in [0.5, 0.6) is 0 Å². The SMILES string of the molecule is CCC(O)(C(=O)O)C(C)(O)c1ccccc1. The monoisotopic (exact) mass is 224 g/mol. The van der Waals surface area contributed by atoms with E-state index < -0.39 is 17.2 Å². The molecular formula is C12H16O4. The Balaban J connectivity index is 3.24. The molecule has 4 nitrogen and oxygen atoms in total. The molecule has 0 radical (unpaired) electrons. The zero-order chi connectivity index (χ0) is 12.4. The molecule has 0 bridgehead atoms. The molecule has 3 N–H and O–H groups in total. The molecule has 1 aromatic carbocycles. The Kier molecular flexibility index (Phi) is 3.35. The highest BCUT2D eigenvalue weighted by Crippen LogP contribution is 2.35. The van der Waals surface area contributed by atoms with Crippen LogP contribution in [0.15, 0.2) is 30.3 Å². The van der Waals surface area contributed by atoms with E-state index >= 15 is 0 Å². The average molecular weight is 224 g/mol. The number of benzene rings is 1. The van der Waals surface area contributed by atoms with E-state index in [0.717, 1.165) is 0 Å². The molecule has 0 fully saturated rings. The first kappa shape index (κ1) is 12.7. The molecule has 1 aromatic rings. The van der Waals surface area contributed by atoms with E-state index in [2.05, 4.69) is 0 Å². The fraction of sp³-hybridized carbons (Fsp3) is 0.417. The van der Waals surface area contributed by atoms with Crippen LogP contribution in [0.4, 0.5) is 0 Å². The van der Waals surface area contributed by atoms with Gasteiger partial charge in [0.05, 0.1) is 0 Å². The topological polar surface area (TPSA) is 77.8 Å². The minimum absolute atomic E-state index is 0.0791. The minimum Gasteiger partial charge on any atom is -0.479 e. The first-order valence-corrected chi connectivity index (χ1v) is 5.10. The molecule has 2 unspecified atom stereocenters. The van der Waals surface area contributed by atoms with Gasteiger partial charge in [0.25, 0.3) is 0 Å². The van der Waals surface area contributed by atoms with Crippen molar-refractivity contribution in [2.75, 3.05) is 0 Å². The summed E-state index contributed by atoms with van der Waals surface area (Å²) in [6.07, 6.45) is -0.0791. The molecule has 2 atom stereocenters. The Hall–Kier alpha value is -1.39. The van der Waals surface area contributed by atoms with E-state index in [-0.39, 0.29) is 6.42 Å². The molecular weight excluding hydrogens is 208 g/mol. The number of carbonyl (C=O) groups is 1. The van der Waals surface area contributed by atoms with Gasteiger partial charge in [-0.15, -0.1) is 0 Å². The summed E-state index contributed by atoms with van der Waals surface area (Å²) in [4.78, 5) is 11.1. The molecule has 0 aromatic heterocycles. The number of rotatable bonds is 4. The fourth-order valence-corrected chi connectivity index (χ4v) is 1.71. The Morgan fingerprint density at radius 2 is 1.75 bits per heavy atom. The van der Waals surface area contributed by atoms with Crippen LogP contribution in [0.2, 0.25) is 0 Å². The Morgan fingerprint density at radius 3 is 2.12 bits per heavy atom. The lowest BCUT2D eigenvalue weighted by Gasteiger charge is -2.37. The third-order valence-corrected chi connectivity index (χ3v) is 3.01. The van der Waals surface area contributed by atoms with Gasteiger partial charge in [-0.2, -0.15) is 0 Å². The zero-order valence-electron chi connectivity index (χ0n) is 9.34. The van der Waals surface area contributed by atoms with Crippen molar-refractivity contribution in [3.63, 3.8) is 0 Å². The summed E-state index contributed by atoms with van der Waals surface area (Å²) < 4.78 is 0. The molecule has 0 aliphatic rings. The van der Waals surface area contributed by atoms with E-state index in [1.54, 1.807) is 30.3 Å². The number of carboxylic acids is 1. The maximum Gasteiger partial charge on any atom is 0.339 e. The van der Waals surface area contributed by atoms with Gasteiger partial charge in [0.15, 0.2) is 5.60 Å². The summed E-state index contributed by atoms with van der Waals surface area (Å²) in [5.41, 5.74) is -3.63. The fourth-order valence-electron chi connectivity index (χ4n) is 1.71. The smallest absolute Gasteiger partial charge is 0.339 e. The summed E-state index contributed by atoms with van der Waals surface area (Å²) in [6.45, 7) is 2.82. The van der Waals surface area contributed by atoms with Crippen molar-refractivity contribution in [2.24, 2.45) is 0 Å². The van der Waals surface area contributed by atoms with Crippen LogP contribution in [0.1, 0.15) is 25.8 Å². The second-order valence-corrected chi connectivity index (χ2v) is 3.96. The molecule has 88 valence electrons. The second-order valence-electron chi connectivity index (χ2n) is 3.96. The predicted molar refractivity (Wildman–Crippen MR) is 58.9 cm³/mol. The van der Waals surface area contributed by atoms with Crippen molar-refractivity contribution in [3.05, 3.63) is 35.9 Å². The standard InChI is InChI=1S/C12H16O4/c1-3-12(16,10(13)14)11(2,15)9-7-5-4-6-8-9/h4-8,15-16H,3H2,1-2H3,(H,13,14). The molecule has 0 saturated carbocycles. The van der Waals surface area contributed by atoms with Gasteiger partial charge >= 0.3 is 5.97 Å². The zero-order valence-corrected chi connectivity index (χ0v) is 9.34. The van der Waals surface area contributed by atoms with Gasteiger partial charge in [0.1, 0.15) is 5.60 Å². The van der Waals surface area contributed by atoms with Gasteiger partial charge < -0.3 is 15.3 Å². The molecule has 0 aliphatic heterocycles. The minimum atomic E-state index is -2.19. The number of hydrogen-bond acceptors (Lipinski definition) is 3. The number of aliphatic hydroxyl groups is 2. The lowest BCUT2D eigenvalue weighted by Crippen LogP contribution is -2.55. The average Bonchev–Trinajstić information content (AvgIpc) is 2.28. The summed E-state index contributed by atoms with van der Waals surface area (Å²) in [5, 5.41) is 29.3. The van der Waals surface area contributed by atoms with Crippen LogP contribution in [0.3, 0.4) is 0 Å². The highest BCUT2D eigenvalue weighted by atomic mass is 16.4. The van der Waals surface area contributed by atoms with E-state index in [9.17, 15) is 15.0 Å². The Labute approximate surface area is 94.2 Å². The third kappa shape index (κ3) is 1.81. The highest BCUT2D eigenvalue weighted by molar-refractivity contribution is 5.79. The maximum atomic E-state index is 11.1. The van der Waals surface area contributed by atoms with Gasteiger partial charge in [-0.3, -0.25) is 0 Å². The van der Waals surface area contributed by atoms with E-state index in [0.29, 0.717) is 5.56 Å². The molecule has 1 rings (SSSR count). The van der Waals surface area contributed by atoms with Crippen molar-refractivity contribution in [1.82, 2.24) is 0 Å². The molecule has 0 heterocycles. The summed E-state index contributed by atoms with van der Waals surface area (Å²) >= 11 is 0. The molecule has 0 spiro atoms. The lowest BCUT2D eigenvalue weighted by molar-refractivity contribution is -0.193. The van der Waals surface area contributed by atoms with Crippen molar-refractivity contribution in [2.45, 2.75) is 31.5 Å². The predicted octanol–water partition coefficient (Wildman–Crippen LogP) is 1.12. The first-order valence-electron chi connectivity index (χ1n) is 5.10. The number of carboxylic acid groups (broad SMARTS) is 1. The van der Waals surface area contributed by atoms with Crippen LogP contribution < -0.4 is 0 Å². The van der Waals surface area contributed by atoms with Crippen LogP contribution >= 0.6 is 0 Å². The summed E-state index contributed by atoms with van der Waals surface area (Å²) in [5.74, 6) is -1.43. The van der Waals surface area contributed by atoms with E-state index in [4.69, 9.17) is 5.11 Å². The van der Waals surface area contributed by atoms with E-state index in [1.165, 1.54) is 13.8 Å². The molecule has 0 amide bonds. The highest BCUT2D eigenvalue weighted by Gasteiger charge is 2.51. The van der Waals surface area contributed by atoms with Crippen LogP contribution in [-0.2, 0) is 10.4 Å². The van der Waals surface area contributed by atoms with Gasteiger partial charge in [-0.05, 0) is 18.9 Å². The summed E-state index contributed by atoms with van der Waals surface area (Å²) in [6, 6.07) is 8.29. The maximum absolute atomic E-state index is 11.1.